The highest BCUT2D eigenvalue weighted by Crippen LogP contribution is 2.52. The first-order valence-corrected chi connectivity index (χ1v) is 9.49. The molecule has 0 aromatic carbocycles. The van der Waals surface area contributed by atoms with Gasteiger partial charge in [-0.15, -0.1) is 0 Å². The normalized spacial score (nSPS) is 41.3. The van der Waals surface area contributed by atoms with Crippen LogP contribution >= 0.6 is 0 Å². The summed E-state index contributed by atoms with van der Waals surface area (Å²) in [6, 6.07) is 0. The fourth-order valence-electron chi connectivity index (χ4n) is 4.82. The summed E-state index contributed by atoms with van der Waals surface area (Å²) in [6.45, 7) is 7.11. The number of ether oxygens (including phenoxy) is 3. The Balaban J connectivity index is 1.79. The van der Waals surface area contributed by atoms with Crippen LogP contribution in [0, 0.1) is 23.2 Å². The first kappa shape index (κ1) is 19.4. The molecule has 1 heterocycles. The van der Waals surface area contributed by atoms with Crippen LogP contribution in [0.3, 0.4) is 0 Å². The van der Waals surface area contributed by atoms with E-state index in [0.29, 0.717) is 19.3 Å². The molecule has 0 aromatic rings. The van der Waals surface area contributed by atoms with Crippen molar-refractivity contribution >= 4 is 11.9 Å². The number of rotatable bonds is 3. The van der Waals surface area contributed by atoms with Gasteiger partial charge in [-0.2, -0.15) is 0 Å². The molecule has 0 radical (unpaired) electrons. The van der Waals surface area contributed by atoms with E-state index >= 15 is 0 Å². The molecule has 1 saturated carbocycles. The van der Waals surface area contributed by atoms with Gasteiger partial charge >= 0.3 is 11.9 Å². The van der Waals surface area contributed by atoms with Gasteiger partial charge in [0.15, 0.2) is 0 Å². The molecule has 6 heteroatoms. The van der Waals surface area contributed by atoms with Gasteiger partial charge in [0.2, 0.25) is 12.6 Å². The zero-order valence-corrected chi connectivity index (χ0v) is 16.1. The topological polar surface area (TPSA) is 82.1 Å². The average molecular weight is 366 g/mol. The van der Waals surface area contributed by atoms with Gasteiger partial charge in [0.25, 0.3) is 0 Å². The van der Waals surface area contributed by atoms with Crippen molar-refractivity contribution < 1.29 is 28.9 Å². The molecule has 26 heavy (non-hydrogen) atoms. The molecule has 3 aliphatic rings. The molecule has 6 atom stereocenters. The maximum atomic E-state index is 11.5. The minimum atomic E-state index is -0.859. The van der Waals surface area contributed by atoms with Gasteiger partial charge in [-0.3, -0.25) is 9.59 Å². The summed E-state index contributed by atoms with van der Waals surface area (Å²) >= 11 is 0. The maximum Gasteiger partial charge on any atom is 0.304 e. The molecule has 0 amide bonds. The number of fused-ring (bicyclic) bond motifs is 1. The van der Waals surface area contributed by atoms with Gasteiger partial charge in [-0.05, 0) is 37.5 Å². The summed E-state index contributed by atoms with van der Waals surface area (Å²) in [5, 5.41) is 11.4. The third-order valence-corrected chi connectivity index (χ3v) is 6.08. The third kappa shape index (κ3) is 3.96. The molecule has 0 spiro atoms. The zero-order valence-electron chi connectivity index (χ0n) is 16.1. The van der Waals surface area contributed by atoms with Crippen molar-refractivity contribution in [1.82, 2.24) is 0 Å². The van der Waals surface area contributed by atoms with Gasteiger partial charge in [-0.25, -0.2) is 0 Å². The SMILES string of the molecule is CC(=O)O[C@H]1O[C@@H](OC(C)=O)[C@@H]2CC[C@](O)(C3C=CCC(C)(C)C3)C[C@H]12. The monoisotopic (exact) mass is 366 g/mol. The average Bonchev–Trinajstić information content (AvgIpc) is 2.81. The van der Waals surface area contributed by atoms with E-state index in [1.807, 2.05) is 0 Å². The molecule has 2 aliphatic carbocycles. The molecular formula is C20H30O6. The molecule has 1 unspecified atom stereocenters. The number of hydrogen-bond acceptors (Lipinski definition) is 6. The summed E-state index contributed by atoms with van der Waals surface area (Å²) in [5.41, 5.74) is -0.698. The maximum absolute atomic E-state index is 11.5. The second kappa shape index (κ2) is 6.97. The van der Waals surface area contributed by atoms with Crippen LogP contribution in [-0.2, 0) is 23.8 Å². The van der Waals surface area contributed by atoms with E-state index in [9.17, 15) is 14.7 Å². The van der Waals surface area contributed by atoms with Crippen LogP contribution in [-0.4, -0.2) is 35.2 Å². The Morgan fingerprint density at radius 1 is 1.08 bits per heavy atom. The first-order valence-electron chi connectivity index (χ1n) is 9.49. The Hall–Kier alpha value is -1.40. The highest BCUT2D eigenvalue weighted by molar-refractivity contribution is 5.66. The van der Waals surface area contributed by atoms with Crippen LogP contribution < -0.4 is 0 Å². The van der Waals surface area contributed by atoms with E-state index < -0.39 is 30.1 Å². The molecule has 6 nitrogen and oxygen atoms in total. The highest BCUT2D eigenvalue weighted by Gasteiger charge is 2.56. The zero-order chi connectivity index (χ0) is 19.1. The highest BCUT2D eigenvalue weighted by atomic mass is 16.8. The van der Waals surface area contributed by atoms with Crippen molar-refractivity contribution in [2.75, 3.05) is 0 Å². The van der Waals surface area contributed by atoms with Crippen molar-refractivity contribution in [2.45, 2.75) is 78.0 Å². The summed E-state index contributed by atoms with van der Waals surface area (Å²) in [4.78, 5) is 22.8. The van der Waals surface area contributed by atoms with E-state index in [0.717, 1.165) is 12.8 Å². The molecule has 2 fully saturated rings. The fourth-order valence-corrected chi connectivity index (χ4v) is 4.82. The molecule has 1 N–H and O–H groups in total. The summed E-state index contributed by atoms with van der Waals surface area (Å²) in [5.74, 6) is -1.04. The largest absolute Gasteiger partial charge is 0.435 e. The fraction of sp³-hybridized carbons (Fsp3) is 0.800. The molecule has 1 aliphatic heterocycles. The van der Waals surface area contributed by atoms with Crippen LogP contribution in [0.5, 0.6) is 0 Å². The molecular weight excluding hydrogens is 336 g/mol. The van der Waals surface area contributed by atoms with Crippen LogP contribution in [0.25, 0.3) is 0 Å². The van der Waals surface area contributed by atoms with Crippen molar-refractivity contribution in [3.8, 4) is 0 Å². The van der Waals surface area contributed by atoms with Gasteiger partial charge < -0.3 is 19.3 Å². The smallest absolute Gasteiger partial charge is 0.304 e. The number of hydrogen-bond donors (Lipinski definition) is 1. The van der Waals surface area contributed by atoms with E-state index in [1.165, 1.54) is 13.8 Å². The lowest BCUT2D eigenvalue weighted by Gasteiger charge is -2.46. The van der Waals surface area contributed by atoms with Crippen molar-refractivity contribution in [3.63, 3.8) is 0 Å². The Kier molecular flexibility index (Phi) is 5.19. The third-order valence-electron chi connectivity index (χ3n) is 6.08. The second-order valence-electron chi connectivity index (χ2n) is 8.87. The van der Waals surface area contributed by atoms with E-state index in [1.54, 1.807) is 0 Å². The minimum absolute atomic E-state index is 0.0656. The summed E-state index contributed by atoms with van der Waals surface area (Å²) in [7, 11) is 0. The molecule has 1 saturated heterocycles. The quantitative estimate of drug-likeness (QED) is 0.611. The van der Waals surface area contributed by atoms with E-state index in [-0.39, 0.29) is 23.2 Å². The van der Waals surface area contributed by atoms with Crippen LogP contribution in [0.1, 0.15) is 59.8 Å². The standard InChI is InChI=1S/C20H30O6/c1-12(21)24-17-15-7-9-20(23,14-6-5-8-19(3,4)10-14)11-16(15)18(26-17)25-13(2)22/h5-6,14-18,23H,7-11H2,1-4H3/t14?,15-,16+,17-,18+,20-/m1/s1. The Morgan fingerprint density at radius 3 is 2.27 bits per heavy atom. The number of allylic oxidation sites excluding steroid dienone is 1. The summed E-state index contributed by atoms with van der Waals surface area (Å²) < 4.78 is 16.4. The van der Waals surface area contributed by atoms with Gasteiger partial charge in [0.05, 0.1) is 5.60 Å². The Labute approximate surface area is 154 Å². The first-order chi connectivity index (χ1) is 12.1. The molecule has 3 rings (SSSR count). The van der Waals surface area contributed by atoms with Gasteiger partial charge in [-0.1, -0.05) is 26.0 Å². The van der Waals surface area contributed by atoms with Crippen LogP contribution in [0.15, 0.2) is 12.2 Å². The van der Waals surface area contributed by atoms with Crippen LogP contribution in [0.4, 0.5) is 0 Å². The summed E-state index contributed by atoms with van der Waals surface area (Å²) in [6.07, 6.45) is 6.48. The van der Waals surface area contributed by atoms with Crippen molar-refractivity contribution in [3.05, 3.63) is 12.2 Å². The van der Waals surface area contributed by atoms with Gasteiger partial charge in [0.1, 0.15) is 0 Å². The lowest BCUT2D eigenvalue weighted by Crippen LogP contribution is -2.48. The van der Waals surface area contributed by atoms with E-state index in [2.05, 4.69) is 26.0 Å². The lowest BCUT2D eigenvalue weighted by atomic mass is 9.62. The minimum Gasteiger partial charge on any atom is -0.435 e. The molecule has 146 valence electrons. The number of aliphatic hydroxyl groups is 1. The van der Waals surface area contributed by atoms with Crippen molar-refractivity contribution in [1.29, 1.82) is 0 Å². The predicted octanol–water partition coefficient (Wildman–Crippen LogP) is 2.93. The second-order valence-corrected chi connectivity index (χ2v) is 8.87. The van der Waals surface area contributed by atoms with Crippen molar-refractivity contribution in [2.24, 2.45) is 23.2 Å². The lowest BCUT2D eigenvalue weighted by molar-refractivity contribution is -0.215. The van der Waals surface area contributed by atoms with Gasteiger partial charge in [0, 0.05) is 31.6 Å². The Morgan fingerprint density at radius 2 is 1.69 bits per heavy atom. The number of esters is 2. The molecule has 0 bridgehead atoms. The molecule has 0 aromatic heterocycles. The number of carbonyl (C=O) groups is 2. The number of carbonyl (C=O) groups excluding carboxylic acids is 2. The predicted molar refractivity (Wildman–Crippen MR) is 93.6 cm³/mol. The Bertz CT molecular complexity index is 597. The van der Waals surface area contributed by atoms with E-state index in [4.69, 9.17) is 14.2 Å². The van der Waals surface area contributed by atoms with Crippen LogP contribution in [0.2, 0.25) is 0 Å².